The summed E-state index contributed by atoms with van der Waals surface area (Å²) in [5.41, 5.74) is 0. The minimum absolute atomic E-state index is 0.509. The van der Waals surface area contributed by atoms with Gasteiger partial charge in [0, 0.05) is 33.3 Å². The topological polar surface area (TPSA) is 24.5 Å². The van der Waals surface area contributed by atoms with E-state index < -0.39 is 0 Å². The SMILES string of the molecule is CCCNCCN1CCC(OC)CC1. The van der Waals surface area contributed by atoms with E-state index in [0.717, 1.165) is 13.1 Å². The van der Waals surface area contributed by atoms with Crippen LogP contribution >= 0.6 is 0 Å². The number of methoxy groups -OCH3 is 1. The molecule has 0 aromatic rings. The van der Waals surface area contributed by atoms with Crippen LogP contribution in [0.2, 0.25) is 0 Å². The molecule has 0 bridgehead atoms. The van der Waals surface area contributed by atoms with E-state index in [4.69, 9.17) is 4.74 Å². The maximum absolute atomic E-state index is 5.34. The molecule has 84 valence electrons. The average Bonchev–Trinajstić information content (AvgIpc) is 2.25. The lowest BCUT2D eigenvalue weighted by Gasteiger charge is -2.31. The highest BCUT2D eigenvalue weighted by Gasteiger charge is 2.17. The summed E-state index contributed by atoms with van der Waals surface area (Å²) < 4.78 is 5.34. The standard InChI is InChI=1S/C11H24N2O/c1-3-6-12-7-10-13-8-4-11(14-2)5-9-13/h11-12H,3-10H2,1-2H3. The first kappa shape index (κ1) is 12.0. The largest absolute Gasteiger partial charge is 0.381 e. The maximum Gasteiger partial charge on any atom is 0.0595 e. The third kappa shape index (κ3) is 4.40. The molecule has 0 atom stereocenters. The summed E-state index contributed by atoms with van der Waals surface area (Å²) in [6.45, 7) is 8.08. The van der Waals surface area contributed by atoms with Gasteiger partial charge in [-0.25, -0.2) is 0 Å². The number of hydrogen-bond donors (Lipinski definition) is 1. The second-order valence-electron chi connectivity index (χ2n) is 4.03. The lowest BCUT2D eigenvalue weighted by molar-refractivity contribution is 0.0415. The van der Waals surface area contributed by atoms with Crippen molar-refractivity contribution in [3.63, 3.8) is 0 Å². The van der Waals surface area contributed by atoms with Gasteiger partial charge in [-0.05, 0) is 25.8 Å². The van der Waals surface area contributed by atoms with Crippen LogP contribution in [-0.4, -0.2) is 50.8 Å². The molecule has 0 aromatic carbocycles. The third-order valence-corrected chi connectivity index (χ3v) is 2.90. The van der Waals surface area contributed by atoms with Crippen LogP contribution in [0.15, 0.2) is 0 Å². The molecule has 0 spiro atoms. The number of piperidine rings is 1. The zero-order valence-electron chi connectivity index (χ0n) is 9.59. The monoisotopic (exact) mass is 200 g/mol. The van der Waals surface area contributed by atoms with Crippen LogP contribution in [-0.2, 0) is 4.74 Å². The molecule has 1 saturated heterocycles. The number of likely N-dealkylation sites (tertiary alicyclic amines) is 1. The summed E-state index contributed by atoms with van der Waals surface area (Å²) in [7, 11) is 1.82. The number of hydrogen-bond acceptors (Lipinski definition) is 3. The molecule has 0 aromatic heterocycles. The molecule has 0 amide bonds. The van der Waals surface area contributed by atoms with Gasteiger partial charge >= 0.3 is 0 Å². The molecule has 3 heteroatoms. The number of nitrogens with one attached hydrogen (secondary N) is 1. The fraction of sp³-hybridized carbons (Fsp3) is 1.00. The molecule has 1 fully saturated rings. The van der Waals surface area contributed by atoms with Gasteiger partial charge in [0.1, 0.15) is 0 Å². The molecule has 3 nitrogen and oxygen atoms in total. The van der Waals surface area contributed by atoms with Crippen molar-refractivity contribution in [1.29, 1.82) is 0 Å². The van der Waals surface area contributed by atoms with Gasteiger partial charge in [0.2, 0.25) is 0 Å². The van der Waals surface area contributed by atoms with Gasteiger partial charge in [-0.3, -0.25) is 0 Å². The maximum atomic E-state index is 5.34. The molecule has 0 radical (unpaired) electrons. The molecular weight excluding hydrogens is 176 g/mol. The van der Waals surface area contributed by atoms with Gasteiger partial charge in [-0.1, -0.05) is 6.92 Å². The van der Waals surface area contributed by atoms with Crippen LogP contribution < -0.4 is 5.32 Å². The van der Waals surface area contributed by atoms with Crippen molar-refractivity contribution in [2.24, 2.45) is 0 Å². The van der Waals surface area contributed by atoms with E-state index in [1.807, 2.05) is 7.11 Å². The fourth-order valence-corrected chi connectivity index (χ4v) is 1.91. The van der Waals surface area contributed by atoms with Crippen LogP contribution in [0.25, 0.3) is 0 Å². The summed E-state index contributed by atoms with van der Waals surface area (Å²) in [5.74, 6) is 0. The highest BCUT2D eigenvalue weighted by molar-refractivity contribution is 4.72. The van der Waals surface area contributed by atoms with Crippen molar-refractivity contribution < 1.29 is 4.74 Å². The van der Waals surface area contributed by atoms with E-state index in [1.165, 1.54) is 38.9 Å². The van der Waals surface area contributed by atoms with Crippen molar-refractivity contribution in [2.75, 3.05) is 39.8 Å². The van der Waals surface area contributed by atoms with Gasteiger partial charge < -0.3 is 15.0 Å². The van der Waals surface area contributed by atoms with Crippen LogP contribution in [0.5, 0.6) is 0 Å². The summed E-state index contributed by atoms with van der Waals surface area (Å²) in [4.78, 5) is 2.53. The Morgan fingerprint density at radius 3 is 2.57 bits per heavy atom. The first-order valence-corrected chi connectivity index (χ1v) is 5.82. The molecule has 1 rings (SSSR count). The summed E-state index contributed by atoms with van der Waals surface area (Å²) in [5, 5.41) is 3.43. The Bertz CT molecular complexity index is 133. The van der Waals surface area contributed by atoms with E-state index >= 15 is 0 Å². The molecule has 1 aliphatic heterocycles. The van der Waals surface area contributed by atoms with Crippen LogP contribution in [0, 0.1) is 0 Å². The lowest BCUT2D eigenvalue weighted by Crippen LogP contribution is -2.40. The molecule has 0 saturated carbocycles. The fourth-order valence-electron chi connectivity index (χ4n) is 1.91. The van der Waals surface area contributed by atoms with Crippen molar-refractivity contribution >= 4 is 0 Å². The number of rotatable bonds is 6. The van der Waals surface area contributed by atoms with Crippen molar-refractivity contribution in [1.82, 2.24) is 10.2 Å². The van der Waals surface area contributed by atoms with E-state index in [0.29, 0.717) is 6.10 Å². The van der Waals surface area contributed by atoms with E-state index in [2.05, 4.69) is 17.1 Å². The Morgan fingerprint density at radius 1 is 1.29 bits per heavy atom. The second kappa shape index (κ2) is 7.21. The molecule has 0 aliphatic carbocycles. The molecule has 1 N–H and O–H groups in total. The average molecular weight is 200 g/mol. The number of ether oxygens (including phenoxy) is 1. The number of nitrogens with zero attached hydrogens (tertiary/aromatic N) is 1. The van der Waals surface area contributed by atoms with Crippen LogP contribution in [0.4, 0.5) is 0 Å². The zero-order chi connectivity index (χ0) is 10.2. The van der Waals surface area contributed by atoms with Crippen LogP contribution in [0.3, 0.4) is 0 Å². The molecule has 1 aliphatic rings. The van der Waals surface area contributed by atoms with Crippen LogP contribution in [0.1, 0.15) is 26.2 Å². The lowest BCUT2D eigenvalue weighted by atomic mass is 10.1. The van der Waals surface area contributed by atoms with Crippen molar-refractivity contribution in [2.45, 2.75) is 32.3 Å². The van der Waals surface area contributed by atoms with Gasteiger partial charge in [0.15, 0.2) is 0 Å². The highest BCUT2D eigenvalue weighted by Crippen LogP contribution is 2.11. The smallest absolute Gasteiger partial charge is 0.0595 e. The first-order chi connectivity index (χ1) is 6.86. The molecule has 0 unspecified atom stereocenters. The third-order valence-electron chi connectivity index (χ3n) is 2.90. The Hall–Kier alpha value is -0.120. The minimum Gasteiger partial charge on any atom is -0.381 e. The van der Waals surface area contributed by atoms with Gasteiger partial charge in [-0.15, -0.1) is 0 Å². The predicted octanol–water partition coefficient (Wildman–Crippen LogP) is 1.10. The molecule has 1 heterocycles. The Morgan fingerprint density at radius 2 is 2.00 bits per heavy atom. The predicted molar refractivity (Wildman–Crippen MR) is 59.6 cm³/mol. The normalized spacial score (nSPS) is 20.1. The summed E-state index contributed by atoms with van der Waals surface area (Å²) in [6.07, 6.45) is 4.13. The quantitative estimate of drug-likeness (QED) is 0.650. The first-order valence-electron chi connectivity index (χ1n) is 5.82. The Kier molecular flexibility index (Phi) is 6.15. The Labute approximate surface area is 87.8 Å². The zero-order valence-corrected chi connectivity index (χ0v) is 9.59. The van der Waals surface area contributed by atoms with Crippen molar-refractivity contribution in [3.05, 3.63) is 0 Å². The Balaban J connectivity index is 1.98. The van der Waals surface area contributed by atoms with E-state index in [9.17, 15) is 0 Å². The van der Waals surface area contributed by atoms with E-state index in [1.54, 1.807) is 0 Å². The highest BCUT2D eigenvalue weighted by atomic mass is 16.5. The van der Waals surface area contributed by atoms with E-state index in [-0.39, 0.29) is 0 Å². The second-order valence-corrected chi connectivity index (χ2v) is 4.03. The molecule has 14 heavy (non-hydrogen) atoms. The minimum atomic E-state index is 0.509. The van der Waals surface area contributed by atoms with Gasteiger partial charge in [0.05, 0.1) is 6.10 Å². The summed E-state index contributed by atoms with van der Waals surface area (Å²) in [6, 6.07) is 0. The summed E-state index contributed by atoms with van der Waals surface area (Å²) >= 11 is 0. The molecular formula is C11H24N2O. The van der Waals surface area contributed by atoms with Gasteiger partial charge in [-0.2, -0.15) is 0 Å². The van der Waals surface area contributed by atoms with Gasteiger partial charge in [0.25, 0.3) is 0 Å². The van der Waals surface area contributed by atoms with Crippen molar-refractivity contribution in [3.8, 4) is 0 Å².